The van der Waals surface area contributed by atoms with Crippen LogP contribution in [0, 0.1) is 0 Å². The fourth-order valence-corrected chi connectivity index (χ4v) is 10.9. The summed E-state index contributed by atoms with van der Waals surface area (Å²) in [5.74, 6) is -0.0466. The number of unbranched alkanes of at least 4 members (excludes halogenated alkanes) is 52. The Bertz CT molecular complexity index is 1190. The average Bonchev–Trinajstić information content (AvgIpc) is 3.42. The van der Waals surface area contributed by atoms with Crippen molar-refractivity contribution in [2.24, 2.45) is 0 Å². The topological polar surface area (TPSA) is 95.9 Å². The number of hydrogen-bond acceptors (Lipinski definition) is 5. The van der Waals surface area contributed by atoms with E-state index in [0.29, 0.717) is 19.4 Å². The first-order valence-electron chi connectivity index (χ1n) is 34.6. The van der Waals surface area contributed by atoms with E-state index in [0.717, 1.165) is 44.9 Å². The third kappa shape index (κ3) is 61.6. The molecule has 0 aliphatic rings. The van der Waals surface area contributed by atoms with E-state index in [1.807, 2.05) is 6.08 Å². The molecule has 0 aliphatic carbocycles. The van der Waals surface area contributed by atoms with Crippen LogP contribution in [-0.4, -0.2) is 47.4 Å². The Morgan fingerprint density at radius 1 is 0.355 bits per heavy atom. The van der Waals surface area contributed by atoms with E-state index in [1.165, 1.54) is 315 Å². The molecule has 0 bridgehead atoms. The minimum atomic E-state index is -0.841. The number of nitrogens with one attached hydrogen (secondary N) is 1. The monoisotopic (exact) mass is 1070 g/mol. The van der Waals surface area contributed by atoms with Crippen molar-refractivity contribution >= 4 is 11.9 Å². The largest absolute Gasteiger partial charge is 0.466 e. The summed E-state index contributed by atoms with van der Waals surface area (Å²) in [4.78, 5) is 24.6. The Balaban J connectivity index is 3.33. The van der Waals surface area contributed by atoms with Crippen molar-refractivity contribution in [2.45, 2.75) is 398 Å². The molecule has 76 heavy (non-hydrogen) atoms. The number of amides is 1. The van der Waals surface area contributed by atoms with Crippen molar-refractivity contribution in [1.82, 2.24) is 5.32 Å². The second-order valence-electron chi connectivity index (χ2n) is 23.9. The number of hydrogen-bond donors (Lipinski definition) is 3. The fraction of sp³-hybridized carbons (Fsp3) is 0.914. The standard InChI is InChI=1S/C70H135NO5/c1-3-5-7-9-11-13-15-17-18-32-36-40-44-48-52-56-60-64-70(75)76-65-61-57-53-49-45-41-37-34-31-29-27-25-23-21-19-20-22-24-26-28-30-33-35-39-43-47-51-55-59-63-69(74)71-67(66-72)68(73)62-58-54-50-46-42-38-16-14-12-10-8-6-4-2/h17-18,58,62,67-68,72-73H,3-16,19-57,59-61,63-66H2,1-2H3,(H,71,74)/b18-17-,62-58+. The van der Waals surface area contributed by atoms with Crippen LogP contribution in [0.3, 0.4) is 0 Å². The van der Waals surface area contributed by atoms with E-state index in [1.54, 1.807) is 6.08 Å². The van der Waals surface area contributed by atoms with Gasteiger partial charge in [-0.15, -0.1) is 0 Å². The number of carbonyl (C=O) groups is 2. The summed E-state index contributed by atoms with van der Waals surface area (Å²) in [5, 5.41) is 23.1. The van der Waals surface area contributed by atoms with Gasteiger partial charge in [0.15, 0.2) is 0 Å². The van der Waals surface area contributed by atoms with E-state index in [-0.39, 0.29) is 18.5 Å². The molecular weight excluding hydrogens is 935 g/mol. The zero-order valence-corrected chi connectivity index (χ0v) is 51.5. The van der Waals surface area contributed by atoms with Crippen LogP contribution in [-0.2, 0) is 14.3 Å². The smallest absolute Gasteiger partial charge is 0.305 e. The highest BCUT2D eigenvalue weighted by atomic mass is 16.5. The van der Waals surface area contributed by atoms with Crippen LogP contribution in [0.25, 0.3) is 0 Å². The van der Waals surface area contributed by atoms with Crippen LogP contribution in [0.2, 0.25) is 0 Å². The van der Waals surface area contributed by atoms with Gasteiger partial charge in [0.2, 0.25) is 5.91 Å². The van der Waals surface area contributed by atoms with Crippen LogP contribution in [0.4, 0.5) is 0 Å². The molecule has 6 heteroatoms. The van der Waals surface area contributed by atoms with Crippen LogP contribution >= 0.6 is 0 Å². The summed E-state index contributed by atoms with van der Waals surface area (Å²) in [6, 6.07) is -0.624. The zero-order valence-electron chi connectivity index (χ0n) is 51.5. The lowest BCUT2D eigenvalue weighted by Crippen LogP contribution is -2.45. The summed E-state index contributed by atoms with van der Waals surface area (Å²) in [5.41, 5.74) is 0. The lowest BCUT2D eigenvalue weighted by atomic mass is 10.0. The van der Waals surface area contributed by atoms with Crippen LogP contribution in [0.1, 0.15) is 386 Å². The first kappa shape index (κ1) is 74.3. The molecule has 0 aliphatic heterocycles. The molecule has 2 unspecified atom stereocenters. The van der Waals surface area contributed by atoms with Crippen molar-refractivity contribution < 1.29 is 24.5 Å². The van der Waals surface area contributed by atoms with Gasteiger partial charge in [-0.1, -0.05) is 340 Å². The molecule has 0 saturated carbocycles. The van der Waals surface area contributed by atoms with Crippen molar-refractivity contribution in [1.29, 1.82) is 0 Å². The average molecular weight is 1070 g/mol. The Hall–Kier alpha value is -1.66. The number of esters is 1. The molecule has 0 saturated heterocycles. The number of allylic oxidation sites excluding steroid dienone is 3. The zero-order chi connectivity index (χ0) is 55.0. The van der Waals surface area contributed by atoms with Gasteiger partial charge in [-0.2, -0.15) is 0 Å². The Kier molecular flexibility index (Phi) is 64.4. The van der Waals surface area contributed by atoms with Gasteiger partial charge in [-0.3, -0.25) is 9.59 Å². The molecule has 0 rings (SSSR count). The summed E-state index contributed by atoms with van der Waals surface area (Å²) in [7, 11) is 0. The number of aliphatic hydroxyl groups excluding tert-OH is 2. The molecule has 2 atom stereocenters. The van der Waals surface area contributed by atoms with Gasteiger partial charge in [0, 0.05) is 12.8 Å². The normalized spacial score (nSPS) is 12.6. The molecule has 0 fully saturated rings. The molecule has 0 aromatic carbocycles. The van der Waals surface area contributed by atoms with Crippen molar-refractivity contribution in [3.05, 3.63) is 24.3 Å². The second kappa shape index (κ2) is 65.9. The lowest BCUT2D eigenvalue weighted by molar-refractivity contribution is -0.143. The van der Waals surface area contributed by atoms with Crippen molar-refractivity contribution in [3.8, 4) is 0 Å². The number of ether oxygens (including phenoxy) is 1. The van der Waals surface area contributed by atoms with Gasteiger partial charge in [-0.05, 0) is 57.8 Å². The highest BCUT2D eigenvalue weighted by Crippen LogP contribution is 2.19. The molecule has 0 heterocycles. The fourth-order valence-electron chi connectivity index (χ4n) is 10.9. The predicted octanol–water partition coefficient (Wildman–Crippen LogP) is 22.1. The maximum atomic E-state index is 12.5. The Morgan fingerprint density at radius 3 is 0.934 bits per heavy atom. The van der Waals surface area contributed by atoms with Gasteiger partial charge in [0.1, 0.15) is 0 Å². The molecule has 0 aromatic heterocycles. The molecule has 6 nitrogen and oxygen atoms in total. The maximum Gasteiger partial charge on any atom is 0.305 e. The van der Waals surface area contributed by atoms with Gasteiger partial charge >= 0.3 is 5.97 Å². The van der Waals surface area contributed by atoms with Crippen LogP contribution in [0.5, 0.6) is 0 Å². The van der Waals surface area contributed by atoms with E-state index in [9.17, 15) is 19.8 Å². The molecule has 450 valence electrons. The van der Waals surface area contributed by atoms with Crippen molar-refractivity contribution in [2.75, 3.05) is 13.2 Å². The van der Waals surface area contributed by atoms with E-state index in [2.05, 4.69) is 31.3 Å². The van der Waals surface area contributed by atoms with E-state index >= 15 is 0 Å². The molecule has 0 radical (unpaired) electrons. The Morgan fingerprint density at radius 2 is 0.618 bits per heavy atom. The van der Waals surface area contributed by atoms with E-state index in [4.69, 9.17) is 4.74 Å². The highest BCUT2D eigenvalue weighted by molar-refractivity contribution is 5.76. The second-order valence-corrected chi connectivity index (χ2v) is 23.9. The number of carbonyl (C=O) groups excluding carboxylic acids is 2. The number of rotatable bonds is 65. The van der Waals surface area contributed by atoms with Crippen LogP contribution < -0.4 is 5.32 Å². The molecule has 1 amide bonds. The SMILES string of the molecule is CCCCCCCC/C=C\CCCCCCCCCC(=O)OCCCCCCCCCCCCCCCCCCCCCCCCCCCCCCCC(=O)NC(CO)C(O)/C=C/CCCCCCCCCCCCC. The minimum absolute atomic E-state index is 0.0164. The first-order valence-corrected chi connectivity index (χ1v) is 34.6. The summed E-state index contributed by atoms with van der Waals surface area (Å²) >= 11 is 0. The van der Waals surface area contributed by atoms with Gasteiger partial charge in [-0.25, -0.2) is 0 Å². The molecule has 0 spiro atoms. The van der Waals surface area contributed by atoms with Gasteiger partial charge in [0.25, 0.3) is 0 Å². The molecular formula is C70H135NO5. The maximum absolute atomic E-state index is 12.5. The number of aliphatic hydroxyl groups is 2. The minimum Gasteiger partial charge on any atom is -0.466 e. The summed E-state index contributed by atoms with van der Waals surface area (Å²) < 4.78 is 5.50. The summed E-state index contributed by atoms with van der Waals surface area (Å²) in [6.07, 6.45) is 82.6. The van der Waals surface area contributed by atoms with Crippen LogP contribution in [0.15, 0.2) is 24.3 Å². The van der Waals surface area contributed by atoms with Gasteiger partial charge < -0.3 is 20.3 Å². The highest BCUT2D eigenvalue weighted by Gasteiger charge is 2.18. The first-order chi connectivity index (χ1) is 37.5. The third-order valence-electron chi connectivity index (χ3n) is 16.2. The van der Waals surface area contributed by atoms with Gasteiger partial charge in [0.05, 0.1) is 25.4 Å². The molecule has 3 N–H and O–H groups in total. The predicted molar refractivity (Wildman–Crippen MR) is 333 cm³/mol. The Labute approximate surface area is 475 Å². The van der Waals surface area contributed by atoms with Crippen molar-refractivity contribution in [3.63, 3.8) is 0 Å². The third-order valence-corrected chi connectivity index (χ3v) is 16.2. The van der Waals surface area contributed by atoms with E-state index < -0.39 is 12.1 Å². The summed E-state index contributed by atoms with van der Waals surface area (Å²) in [6.45, 7) is 4.92. The lowest BCUT2D eigenvalue weighted by Gasteiger charge is -2.20. The quantitative estimate of drug-likeness (QED) is 0.0320. The molecule has 0 aromatic rings.